The molecule has 0 aliphatic rings. The minimum atomic E-state index is -0.620. The number of halogens is 1. The van der Waals surface area contributed by atoms with Gasteiger partial charge in [-0.3, -0.25) is 14.9 Å². The molecule has 0 unspecified atom stereocenters. The van der Waals surface area contributed by atoms with E-state index < -0.39 is 16.6 Å². The quantitative estimate of drug-likeness (QED) is 0.255. The lowest BCUT2D eigenvalue weighted by Gasteiger charge is -2.08. The summed E-state index contributed by atoms with van der Waals surface area (Å²) in [6.07, 6.45) is 1.07. The summed E-state index contributed by atoms with van der Waals surface area (Å²) < 4.78 is 1.74. The lowest BCUT2D eigenvalue weighted by atomic mass is 10.2. The summed E-state index contributed by atoms with van der Waals surface area (Å²) in [6, 6.07) is 10.4. The van der Waals surface area contributed by atoms with Gasteiger partial charge >= 0.3 is 0 Å². The number of hydrogen-bond acceptors (Lipinski definition) is 8. The molecule has 0 bridgehead atoms. The molecule has 0 fully saturated rings. The number of hydrogen-bond donors (Lipinski definition) is 1. The van der Waals surface area contributed by atoms with Crippen molar-refractivity contribution in [1.29, 1.82) is 0 Å². The van der Waals surface area contributed by atoms with E-state index in [4.69, 9.17) is 11.6 Å². The van der Waals surface area contributed by atoms with Crippen LogP contribution in [-0.2, 0) is 11.8 Å². The first kappa shape index (κ1) is 21.3. The summed E-state index contributed by atoms with van der Waals surface area (Å²) in [5, 5.41) is 35.4. The van der Waals surface area contributed by atoms with Crippen LogP contribution in [0, 0.1) is 10.1 Å². The number of amides is 1. The maximum atomic E-state index is 12.0. The van der Waals surface area contributed by atoms with Crippen LogP contribution < -0.4 is 10.5 Å². The third kappa shape index (κ3) is 5.13. The van der Waals surface area contributed by atoms with Crippen molar-refractivity contribution in [1.82, 2.24) is 20.2 Å². The molecule has 1 aromatic heterocycles. The second-order valence-corrected chi connectivity index (χ2v) is 7.32. The molecule has 3 aromatic rings. The second-order valence-electron chi connectivity index (χ2n) is 5.94. The minimum Gasteiger partial charge on any atom is -0.872 e. The Morgan fingerprint density at radius 3 is 2.87 bits per heavy atom. The molecule has 0 spiro atoms. The van der Waals surface area contributed by atoms with Crippen molar-refractivity contribution in [2.45, 2.75) is 5.16 Å². The third-order valence-corrected chi connectivity index (χ3v) is 5.10. The van der Waals surface area contributed by atoms with Crippen molar-refractivity contribution >= 4 is 41.2 Å². The second kappa shape index (κ2) is 9.37. The Labute approximate surface area is 179 Å². The summed E-state index contributed by atoms with van der Waals surface area (Å²) in [7, 11) is 1.77. The Kier molecular flexibility index (Phi) is 6.65. The number of non-ortho nitro benzene ring substituents is 1. The molecule has 2 aromatic carbocycles. The van der Waals surface area contributed by atoms with Crippen molar-refractivity contribution in [3.8, 4) is 17.1 Å². The lowest BCUT2D eigenvalue weighted by molar-refractivity contribution is -0.385. The highest BCUT2D eigenvalue weighted by molar-refractivity contribution is 7.99. The number of rotatable bonds is 7. The number of nitrogens with zero attached hydrogens (tertiary/aromatic N) is 5. The van der Waals surface area contributed by atoms with Gasteiger partial charge in [-0.15, -0.1) is 10.2 Å². The zero-order valence-corrected chi connectivity index (χ0v) is 17.1. The van der Waals surface area contributed by atoms with Crippen molar-refractivity contribution in [2.24, 2.45) is 12.1 Å². The summed E-state index contributed by atoms with van der Waals surface area (Å²) in [5.74, 6) is -0.285. The number of hydrazone groups is 1. The molecule has 0 aliphatic heterocycles. The molecule has 3 rings (SSSR count). The largest absolute Gasteiger partial charge is 0.872 e. The molecule has 1 N–H and O–H groups in total. The number of carbonyl (C=O) groups is 1. The fraction of sp³-hybridized carbons (Fsp3) is 0.111. The molecule has 10 nitrogen and oxygen atoms in total. The topological polar surface area (TPSA) is 138 Å². The van der Waals surface area contributed by atoms with Gasteiger partial charge in [-0.05, 0) is 17.7 Å². The Balaban J connectivity index is 1.59. The highest BCUT2D eigenvalue weighted by Gasteiger charge is 2.13. The molecule has 0 saturated carbocycles. The fourth-order valence-corrected chi connectivity index (χ4v) is 3.30. The molecular weight excluding hydrogens is 432 g/mol. The first-order chi connectivity index (χ1) is 14.3. The number of benzene rings is 2. The van der Waals surface area contributed by atoms with Crippen LogP contribution in [0.5, 0.6) is 5.75 Å². The SMILES string of the molecule is Cn1c(SCC(=O)N/N=C\c2cc([N+](=O)[O-])ccc2[O-])nnc1-c1cccc(Cl)c1. The van der Waals surface area contributed by atoms with Crippen LogP contribution in [0.2, 0.25) is 5.02 Å². The maximum absolute atomic E-state index is 12.0. The van der Waals surface area contributed by atoms with E-state index in [1.54, 1.807) is 29.8 Å². The molecule has 0 radical (unpaired) electrons. The number of aromatic nitrogens is 3. The molecule has 0 atom stereocenters. The molecule has 30 heavy (non-hydrogen) atoms. The fourth-order valence-electron chi connectivity index (χ4n) is 2.41. The number of thioether (sulfide) groups is 1. The van der Waals surface area contributed by atoms with Crippen molar-refractivity contribution in [2.75, 3.05) is 5.75 Å². The number of nitro benzene ring substituents is 1. The molecule has 1 heterocycles. The average Bonchev–Trinajstić information content (AvgIpc) is 3.08. The van der Waals surface area contributed by atoms with Gasteiger partial charge in [-0.2, -0.15) is 5.10 Å². The highest BCUT2D eigenvalue weighted by atomic mass is 35.5. The van der Waals surface area contributed by atoms with E-state index in [-0.39, 0.29) is 17.0 Å². The first-order valence-corrected chi connectivity index (χ1v) is 9.77. The van der Waals surface area contributed by atoms with Gasteiger partial charge in [0.05, 0.1) is 16.9 Å². The number of nitro groups is 1. The minimum absolute atomic E-state index is 0.00196. The van der Waals surface area contributed by atoms with Gasteiger partial charge in [-0.25, -0.2) is 5.43 Å². The van der Waals surface area contributed by atoms with Crippen molar-refractivity contribution in [3.05, 3.63) is 63.2 Å². The third-order valence-electron chi connectivity index (χ3n) is 3.85. The predicted octanol–water partition coefficient (Wildman–Crippen LogP) is 2.36. The van der Waals surface area contributed by atoms with Crippen LogP contribution in [0.1, 0.15) is 5.56 Å². The smallest absolute Gasteiger partial charge is 0.270 e. The summed E-state index contributed by atoms with van der Waals surface area (Å²) in [6.45, 7) is 0. The number of nitrogens with one attached hydrogen (secondary N) is 1. The van der Waals surface area contributed by atoms with E-state index >= 15 is 0 Å². The van der Waals surface area contributed by atoms with E-state index in [1.807, 2.05) is 6.07 Å². The zero-order valence-electron chi connectivity index (χ0n) is 15.5. The Hall–Kier alpha value is -3.44. The van der Waals surface area contributed by atoms with Gasteiger partial charge in [0, 0.05) is 29.8 Å². The Morgan fingerprint density at radius 1 is 1.33 bits per heavy atom. The van der Waals surface area contributed by atoms with Crippen molar-refractivity contribution < 1.29 is 14.8 Å². The van der Waals surface area contributed by atoms with Crippen LogP contribution in [0.15, 0.2) is 52.7 Å². The Morgan fingerprint density at radius 2 is 2.13 bits per heavy atom. The molecule has 12 heteroatoms. The summed E-state index contributed by atoms with van der Waals surface area (Å²) in [4.78, 5) is 22.1. The monoisotopic (exact) mass is 445 g/mol. The zero-order chi connectivity index (χ0) is 21.7. The molecular formula is C18H14ClN6O4S-. The normalized spacial score (nSPS) is 11.0. The molecule has 0 saturated heterocycles. The maximum Gasteiger partial charge on any atom is 0.270 e. The summed E-state index contributed by atoms with van der Waals surface area (Å²) in [5.41, 5.74) is 2.82. The van der Waals surface area contributed by atoms with E-state index in [2.05, 4.69) is 20.7 Å². The van der Waals surface area contributed by atoms with Crippen LogP contribution >= 0.6 is 23.4 Å². The summed E-state index contributed by atoms with van der Waals surface area (Å²) >= 11 is 7.15. The first-order valence-electron chi connectivity index (χ1n) is 8.40. The lowest BCUT2D eigenvalue weighted by Crippen LogP contribution is -2.20. The van der Waals surface area contributed by atoms with Gasteiger partial charge in [0.25, 0.3) is 11.6 Å². The van der Waals surface area contributed by atoms with E-state index in [1.165, 1.54) is 0 Å². The number of carbonyl (C=O) groups excluding carboxylic acids is 1. The van der Waals surface area contributed by atoms with E-state index in [0.717, 1.165) is 41.7 Å². The van der Waals surface area contributed by atoms with Gasteiger partial charge in [0.15, 0.2) is 11.0 Å². The van der Waals surface area contributed by atoms with Gasteiger partial charge in [-0.1, -0.05) is 47.3 Å². The van der Waals surface area contributed by atoms with Crippen LogP contribution in [0.3, 0.4) is 0 Å². The highest BCUT2D eigenvalue weighted by Crippen LogP contribution is 2.24. The standard InChI is InChI=1S/C18H15ClN6O4S/c1-24-17(11-3-2-4-13(19)7-11)22-23-18(24)30-10-16(27)21-20-9-12-8-14(25(28)29)5-6-15(12)26/h2-9,26H,10H2,1H3,(H,21,27)/p-1/b20-9-. The van der Waals surface area contributed by atoms with Gasteiger partial charge in [0.2, 0.25) is 0 Å². The Bertz CT molecular complexity index is 1130. The molecule has 1 amide bonds. The van der Waals surface area contributed by atoms with Crippen molar-refractivity contribution in [3.63, 3.8) is 0 Å². The molecule has 154 valence electrons. The van der Waals surface area contributed by atoms with Crippen LogP contribution in [0.25, 0.3) is 11.4 Å². The predicted molar refractivity (Wildman–Crippen MR) is 110 cm³/mol. The van der Waals surface area contributed by atoms with Crippen LogP contribution in [-0.4, -0.2) is 37.6 Å². The van der Waals surface area contributed by atoms with Crippen LogP contribution in [0.4, 0.5) is 5.69 Å². The van der Waals surface area contributed by atoms with E-state index in [9.17, 15) is 20.0 Å². The van der Waals surface area contributed by atoms with Gasteiger partial charge < -0.3 is 9.67 Å². The van der Waals surface area contributed by atoms with E-state index in [0.29, 0.717) is 16.0 Å². The molecule has 0 aliphatic carbocycles. The average molecular weight is 446 g/mol. The van der Waals surface area contributed by atoms with Gasteiger partial charge in [0.1, 0.15) is 0 Å².